The number of hydrogen-bond acceptors (Lipinski definition) is 3. The summed E-state index contributed by atoms with van der Waals surface area (Å²) in [5, 5.41) is 2.97. The summed E-state index contributed by atoms with van der Waals surface area (Å²) in [6.07, 6.45) is 2.17. The maximum absolute atomic E-state index is 13.0. The van der Waals surface area contributed by atoms with E-state index in [2.05, 4.69) is 5.32 Å². The molecule has 0 aromatic heterocycles. The fraction of sp³-hybridized carbons (Fsp3) is 0.462. The summed E-state index contributed by atoms with van der Waals surface area (Å²) in [5.74, 6) is 0.0691. The van der Waals surface area contributed by atoms with Crippen molar-refractivity contribution in [3.8, 4) is 5.75 Å². The number of hydrogen-bond donors (Lipinski definition) is 1. The van der Waals surface area contributed by atoms with Gasteiger partial charge in [-0.1, -0.05) is 0 Å². The molecule has 1 aromatic carbocycles. The zero-order chi connectivity index (χ0) is 13.1. The molecule has 98 valence electrons. The van der Waals surface area contributed by atoms with Crippen LogP contribution in [-0.4, -0.2) is 37.6 Å². The highest BCUT2D eigenvalue weighted by Crippen LogP contribution is 2.26. The largest absolute Gasteiger partial charge is 0.494 e. The molecule has 0 atom stereocenters. The Morgan fingerprint density at radius 2 is 2.28 bits per heavy atom. The number of amides is 1. The summed E-state index contributed by atoms with van der Waals surface area (Å²) < 4.78 is 18.0. The number of rotatable bonds is 5. The Morgan fingerprint density at radius 1 is 1.56 bits per heavy atom. The van der Waals surface area contributed by atoms with E-state index >= 15 is 0 Å². The van der Waals surface area contributed by atoms with Crippen LogP contribution in [0.15, 0.2) is 18.2 Å². The van der Waals surface area contributed by atoms with Crippen LogP contribution in [0.3, 0.4) is 0 Å². The van der Waals surface area contributed by atoms with Crippen molar-refractivity contribution in [1.82, 2.24) is 4.90 Å². The van der Waals surface area contributed by atoms with Crippen molar-refractivity contribution in [2.45, 2.75) is 18.9 Å². The molecular formula is C13H17FN2O2. The summed E-state index contributed by atoms with van der Waals surface area (Å²) in [6, 6.07) is 4.59. The molecule has 0 bridgehead atoms. The van der Waals surface area contributed by atoms with Crippen molar-refractivity contribution in [2.24, 2.45) is 0 Å². The van der Waals surface area contributed by atoms with Gasteiger partial charge in [0.15, 0.2) is 0 Å². The Balaban J connectivity index is 1.94. The van der Waals surface area contributed by atoms with Crippen molar-refractivity contribution in [1.29, 1.82) is 0 Å². The zero-order valence-corrected chi connectivity index (χ0v) is 10.6. The van der Waals surface area contributed by atoms with E-state index < -0.39 is 0 Å². The van der Waals surface area contributed by atoms with E-state index in [0.717, 1.165) is 12.8 Å². The molecule has 2 rings (SSSR count). The number of carbonyl (C=O) groups is 1. The number of nitrogens with zero attached hydrogens (tertiary/aromatic N) is 1. The average molecular weight is 252 g/mol. The van der Waals surface area contributed by atoms with Crippen LogP contribution < -0.4 is 10.1 Å². The molecule has 4 nitrogen and oxygen atoms in total. The standard InChI is InChI=1S/C13H17FN2O2/c1-16(10-4-5-10)13(17)8-15-11-6-3-9(14)7-12(11)18-2/h3,6-7,10,15H,4-5,8H2,1-2H3. The normalized spacial score (nSPS) is 14.2. The molecule has 1 amide bonds. The monoisotopic (exact) mass is 252 g/mol. The van der Waals surface area contributed by atoms with E-state index in [1.807, 2.05) is 7.05 Å². The molecule has 0 radical (unpaired) electrons. The lowest BCUT2D eigenvalue weighted by atomic mass is 10.3. The average Bonchev–Trinajstić information content (AvgIpc) is 3.20. The fourth-order valence-corrected chi connectivity index (χ4v) is 1.77. The van der Waals surface area contributed by atoms with Crippen molar-refractivity contribution >= 4 is 11.6 Å². The van der Waals surface area contributed by atoms with Gasteiger partial charge in [-0.3, -0.25) is 4.79 Å². The second-order valence-electron chi connectivity index (χ2n) is 4.43. The first kappa shape index (κ1) is 12.7. The molecule has 1 N–H and O–H groups in total. The van der Waals surface area contributed by atoms with Crippen LogP contribution in [0.5, 0.6) is 5.75 Å². The second-order valence-corrected chi connectivity index (χ2v) is 4.43. The zero-order valence-electron chi connectivity index (χ0n) is 10.6. The number of likely N-dealkylation sites (N-methyl/N-ethyl adjacent to an activating group) is 1. The van der Waals surface area contributed by atoms with Gasteiger partial charge in [0.25, 0.3) is 0 Å². The van der Waals surface area contributed by atoms with Gasteiger partial charge in [0.05, 0.1) is 19.3 Å². The molecule has 1 fully saturated rings. The second kappa shape index (κ2) is 5.25. The van der Waals surface area contributed by atoms with Gasteiger partial charge in [0.2, 0.25) is 5.91 Å². The predicted octanol–water partition coefficient (Wildman–Crippen LogP) is 1.87. The Labute approximate surface area is 106 Å². The molecule has 0 unspecified atom stereocenters. The minimum absolute atomic E-state index is 0.0314. The molecule has 0 saturated heterocycles. The number of nitrogens with one attached hydrogen (secondary N) is 1. The van der Waals surface area contributed by atoms with Crippen molar-refractivity contribution in [3.63, 3.8) is 0 Å². The molecule has 1 aromatic rings. The molecule has 0 aliphatic heterocycles. The number of ether oxygens (including phenoxy) is 1. The van der Waals surface area contributed by atoms with Crippen LogP contribution in [0.4, 0.5) is 10.1 Å². The highest BCUT2D eigenvalue weighted by molar-refractivity contribution is 5.81. The highest BCUT2D eigenvalue weighted by atomic mass is 19.1. The van der Waals surface area contributed by atoms with Gasteiger partial charge >= 0.3 is 0 Å². The fourth-order valence-electron chi connectivity index (χ4n) is 1.77. The summed E-state index contributed by atoms with van der Waals surface area (Å²) >= 11 is 0. The van der Waals surface area contributed by atoms with Gasteiger partial charge in [0.1, 0.15) is 11.6 Å². The first-order valence-electron chi connectivity index (χ1n) is 5.95. The lowest BCUT2D eigenvalue weighted by Crippen LogP contribution is -2.33. The van der Waals surface area contributed by atoms with Crippen LogP contribution in [0.1, 0.15) is 12.8 Å². The first-order chi connectivity index (χ1) is 8.61. The van der Waals surface area contributed by atoms with Crippen LogP contribution in [0.25, 0.3) is 0 Å². The minimum Gasteiger partial charge on any atom is -0.494 e. The quantitative estimate of drug-likeness (QED) is 0.869. The summed E-state index contributed by atoms with van der Waals surface area (Å²) in [5.41, 5.74) is 0.622. The molecule has 0 spiro atoms. The third kappa shape index (κ3) is 2.91. The van der Waals surface area contributed by atoms with Gasteiger partial charge in [0, 0.05) is 19.2 Å². The number of methoxy groups -OCH3 is 1. The van der Waals surface area contributed by atoms with Crippen LogP contribution in [0.2, 0.25) is 0 Å². The number of benzene rings is 1. The maximum Gasteiger partial charge on any atom is 0.241 e. The first-order valence-corrected chi connectivity index (χ1v) is 5.95. The Hall–Kier alpha value is -1.78. The van der Waals surface area contributed by atoms with Gasteiger partial charge in [-0.05, 0) is 25.0 Å². The smallest absolute Gasteiger partial charge is 0.241 e. The summed E-state index contributed by atoms with van der Waals surface area (Å²) in [6.45, 7) is 0.189. The van der Waals surface area contributed by atoms with Crippen LogP contribution in [-0.2, 0) is 4.79 Å². The number of carbonyl (C=O) groups excluding carboxylic acids is 1. The third-order valence-electron chi connectivity index (χ3n) is 3.08. The molecule has 1 aliphatic carbocycles. The van der Waals surface area contributed by atoms with Gasteiger partial charge < -0.3 is 15.0 Å². The van der Waals surface area contributed by atoms with Crippen LogP contribution in [0, 0.1) is 5.82 Å². The SMILES string of the molecule is COc1cc(F)ccc1NCC(=O)N(C)C1CC1. The van der Waals surface area contributed by atoms with Crippen LogP contribution >= 0.6 is 0 Å². The van der Waals surface area contributed by atoms with E-state index in [1.165, 1.54) is 19.2 Å². The Kier molecular flexibility index (Phi) is 3.69. The lowest BCUT2D eigenvalue weighted by molar-refractivity contribution is -0.128. The summed E-state index contributed by atoms with van der Waals surface area (Å²) in [4.78, 5) is 13.6. The van der Waals surface area contributed by atoms with Crippen molar-refractivity contribution < 1.29 is 13.9 Å². The topological polar surface area (TPSA) is 41.6 Å². The lowest BCUT2D eigenvalue weighted by Gasteiger charge is -2.17. The van der Waals surface area contributed by atoms with Crippen molar-refractivity contribution in [2.75, 3.05) is 26.0 Å². The molecular weight excluding hydrogens is 235 g/mol. The van der Waals surface area contributed by atoms with E-state index in [1.54, 1.807) is 11.0 Å². The molecule has 0 heterocycles. The number of halogens is 1. The van der Waals surface area contributed by atoms with Gasteiger partial charge in [-0.25, -0.2) is 4.39 Å². The minimum atomic E-state index is -0.362. The Bertz CT molecular complexity index is 447. The molecule has 1 aliphatic rings. The van der Waals surface area contributed by atoms with E-state index in [-0.39, 0.29) is 18.3 Å². The van der Waals surface area contributed by atoms with Gasteiger partial charge in [-0.15, -0.1) is 0 Å². The highest BCUT2D eigenvalue weighted by Gasteiger charge is 2.29. The van der Waals surface area contributed by atoms with E-state index in [4.69, 9.17) is 4.74 Å². The maximum atomic E-state index is 13.0. The third-order valence-corrected chi connectivity index (χ3v) is 3.08. The molecule has 1 saturated carbocycles. The summed E-state index contributed by atoms with van der Waals surface area (Å²) in [7, 11) is 3.28. The van der Waals surface area contributed by atoms with Gasteiger partial charge in [-0.2, -0.15) is 0 Å². The van der Waals surface area contributed by atoms with E-state index in [0.29, 0.717) is 17.5 Å². The predicted molar refractivity (Wildman–Crippen MR) is 67.2 cm³/mol. The van der Waals surface area contributed by atoms with E-state index in [9.17, 15) is 9.18 Å². The Morgan fingerprint density at radius 3 is 2.89 bits per heavy atom. The van der Waals surface area contributed by atoms with Crippen molar-refractivity contribution in [3.05, 3.63) is 24.0 Å². The molecule has 18 heavy (non-hydrogen) atoms. The molecule has 5 heteroatoms. The number of anilines is 1.